The molecule has 5 atom stereocenters. The summed E-state index contributed by atoms with van der Waals surface area (Å²) in [6, 6.07) is 68.2. The average Bonchev–Trinajstić information content (AvgIpc) is 0.783. The third-order valence-electron chi connectivity index (χ3n) is 23.5. The van der Waals surface area contributed by atoms with Gasteiger partial charge in [0.1, 0.15) is 17.5 Å². The summed E-state index contributed by atoms with van der Waals surface area (Å²) in [5.41, 5.74) is 15.7. The van der Waals surface area contributed by atoms with Crippen LogP contribution < -0.4 is 4.74 Å². The van der Waals surface area contributed by atoms with E-state index in [-0.39, 0.29) is 222 Å². The number of aryl methyl sites for hydroxylation is 12. The molecule has 6 aliphatic rings. The summed E-state index contributed by atoms with van der Waals surface area (Å²) >= 11 is 5.61. The topological polar surface area (TPSA) is 36.9 Å². The van der Waals surface area contributed by atoms with Gasteiger partial charge in [0.15, 0.2) is 41.1 Å². The van der Waals surface area contributed by atoms with Gasteiger partial charge in [-0.3, -0.25) is 0 Å². The SMILES string of the molecule is C.CC1=C(F)CC(C)CC1.CC1=CCC(C)CC1.CC1CCC(C)CC1.CC1CCC(C)OC1.CC1COC(C)OC1.Cc1cc2c(c(F)c1F)OC(C)CC2.Cc1cc2ccc(C)c(F)c2c(F)c1F.Cc1ccc(C)c(Cl)c1F.Cc1ccc(C)c(F)c1.Cc1ccc(C)c(F)c1F.Cc1ccc(C)cc1.[Nd].[Nd].[Nd].[Nd].c1ccc(-c2ccccc2)cc1.c1ccc(-c2ccccc2)cc1. The fourth-order valence-corrected chi connectivity index (χ4v) is 14.3. The van der Waals surface area contributed by atoms with Gasteiger partial charge in [0.25, 0.3) is 0 Å². The molecule has 5 unspecified atom stereocenters. The van der Waals surface area contributed by atoms with E-state index in [1.807, 2.05) is 58.0 Å². The maximum absolute atomic E-state index is 13.6. The summed E-state index contributed by atoms with van der Waals surface area (Å²) in [7, 11) is 0. The maximum atomic E-state index is 13.6. The fourth-order valence-electron chi connectivity index (χ4n) is 14.1. The van der Waals surface area contributed by atoms with Gasteiger partial charge in [0.2, 0.25) is 5.82 Å². The van der Waals surface area contributed by atoms with Crippen molar-refractivity contribution in [2.24, 2.45) is 35.5 Å². The van der Waals surface area contributed by atoms with E-state index in [4.69, 9.17) is 30.5 Å². The van der Waals surface area contributed by atoms with Crippen LogP contribution >= 0.6 is 11.6 Å². The van der Waals surface area contributed by atoms with E-state index in [0.29, 0.717) is 63.1 Å². The molecule has 3 aliphatic heterocycles. The van der Waals surface area contributed by atoms with Crippen LogP contribution in [0.15, 0.2) is 235 Å². The zero-order valence-corrected chi connectivity index (χ0v) is 97.4. The van der Waals surface area contributed by atoms with Crippen LogP contribution in [0.2, 0.25) is 5.02 Å². The van der Waals surface area contributed by atoms with Crippen molar-refractivity contribution in [3.63, 3.8) is 0 Å². The molecule has 2 saturated heterocycles. The molecule has 3 heterocycles. The summed E-state index contributed by atoms with van der Waals surface area (Å²) in [6.07, 6.45) is 19.8. The first kappa shape index (κ1) is 132. The maximum Gasteiger partial charge on any atom is 0.201 e. The molecule has 0 radical (unpaired) electrons. The number of ether oxygens (including phenoxy) is 4. The van der Waals surface area contributed by atoms with E-state index < -0.39 is 40.7 Å². The molecule has 0 N–H and O–H groups in total. The third-order valence-corrected chi connectivity index (χ3v) is 23.9. The van der Waals surface area contributed by atoms with Crippen molar-refractivity contribution < 1.29 is 226 Å². The van der Waals surface area contributed by atoms with Gasteiger partial charge >= 0.3 is 0 Å². The summed E-state index contributed by atoms with van der Waals surface area (Å²) in [4.78, 5) is 0. The predicted molar refractivity (Wildman–Crippen MR) is 537 cm³/mol. The monoisotopic (exact) mass is 2410 g/mol. The van der Waals surface area contributed by atoms with Crippen molar-refractivity contribution in [1.82, 2.24) is 0 Å². The second-order valence-corrected chi connectivity index (χ2v) is 36.8. The minimum atomic E-state index is -1.11. The number of hydrogen-bond donors (Lipinski definition) is 0. The number of allylic oxidation sites excluding steroid dienone is 4. The fraction of sp³-hybridized carbons (Fsp3) is 0.419. The molecule has 0 amide bonds. The first-order valence-corrected chi connectivity index (χ1v) is 46.8. The van der Waals surface area contributed by atoms with Crippen molar-refractivity contribution in [3.05, 3.63) is 360 Å². The van der Waals surface area contributed by atoms with Gasteiger partial charge in [-0.1, -0.05) is 303 Å². The molecule has 0 aromatic heterocycles. The molecule has 3 fully saturated rings. The average molecular weight is 2420 g/mol. The van der Waals surface area contributed by atoms with E-state index >= 15 is 0 Å². The Morgan fingerprint density at radius 3 is 1.07 bits per heavy atom. The van der Waals surface area contributed by atoms with E-state index in [1.54, 1.807) is 81.8 Å². The van der Waals surface area contributed by atoms with Gasteiger partial charge in [-0.15, -0.1) is 0 Å². The van der Waals surface area contributed by atoms with Crippen LogP contribution in [0.5, 0.6) is 5.75 Å². The van der Waals surface area contributed by atoms with E-state index in [2.05, 4.69) is 197 Å². The molecule has 3 aliphatic carbocycles. The molecule has 0 spiro atoms. The van der Waals surface area contributed by atoms with Crippen molar-refractivity contribution >= 4 is 22.4 Å². The molecule has 136 heavy (non-hydrogen) atoms. The summed E-state index contributed by atoms with van der Waals surface area (Å²) in [6.45, 7) is 45.2. The van der Waals surface area contributed by atoms with Gasteiger partial charge in [-0.25, -0.2) is 39.5 Å². The molecule has 11 aromatic carbocycles. The summed E-state index contributed by atoms with van der Waals surface area (Å²) in [5, 5.41) is 0.354. The molecule has 11 aromatic rings. The van der Waals surface area contributed by atoms with Crippen LogP contribution in [0.3, 0.4) is 0 Å². The second-order valence-electron chi connectivity index (χ2n) is 36.4. The Morgan fingerprint density at radius 2 is 0.684 bits per heavy atom. The van der Waals surface area contributed by atoms with Gasteiger partial charge in [-0.2, -0.15) is 4.39 Å². The van der Waals surface area contributed by atoms with Gasteiger partial charge in [0.05, 0.1) is 41.7 Å². The van der Waals surface area contributed by atoms with E-state index in [1.165, 1.54) is 137 Å². The molecule has 4 nitrogen and oxygen atoms in total. The number of rotatable bonds is 2. The Kier molecular flexibility index (Phi) is 69.1. The Hall–Kier alpha value is -4.17. The third kappa shape index (κ3) is 49.9. The standard InChI is InChI=1S/C12H9F3.2C12H10.C11H12F2O.C8H8ClF.C8H8F2.C8H13F.C8H9F.C8H16.C8H14.C8H10.C7H14O.C6H12O2.CH4.4Nd/c1-6-3-4-8-5-7(2)11(14)12(15)9(8)10(6)13;2*1-3-7-11(8-4-1)12-9-5-2-6-10-12;1-6-5-8-4-3-7(2)14-11(8)10(13)9(6)12;2*1-5-3-4-6(2)8(10)7(5)9;2*1-6-3-4-7(2)8(9)5-6;3*1-7-3-5-8(2)6-4-7;1-6-3-4-7(2)8-5-6;1-5-3-7-6(2)8-4-5;;;;;/h3-5H,1-2H3;2*1-10H;5,7H,3-4H2,1-2H3;2*3-4H,1-2H3;6H,3-5H2,1-2H3;3-5H,1-2H3;7-8H,3-6H2,1-2H3;3,8H,4-6H2,1-2H3;3-6H,1-2H3;6-7H,3-5H2,1-2H3;5-6H,3-4H2,1-2H3;1H4;;;;. The van der Waals surface area contributed by atoms with Crippen molar-refractivity contribution in [1.29, 1.82) is 0 Å². The minimum Gasteiger partial charge on any atom is -0.487 e. The number of fused-ring (bicyclic) bond motifs is 2. The largest absolute Gasteiger partial charge is 0.487 e. The molecule has 17 rings (SSSR count). The Bertz CT molecular complexity index is 4880. The van der Waals surface area contributed by atoms with E-state index in [9.17, 15) is 43.9 Å². The predicted octanol–water partition coefficient (Wildman–Crippen LogP) is 36.1. The number of benzene rings is 11. The Labute approximate surface area is 947 Å². The van der Waals surface area contributed by atoms with Gasteiger partial charge in [-0.05, 0) is 305 Å². The van der Waals surface area contributed by atoms with Crippen molar-refractivity contribution in [3.8, 4) is 28.0 Å². The van der Waals surface area contributed by atoms with Crippen molar-refractivity contribution in [2.45, 2.75) is 268 Å². The van der Waals surface area contributed by atoms with Crippen molar-refractivity contribution in [2.75, 3.05) is 19.8 Å². The summed E-state index contributed by atoms with van der Waals surface area (Å²) in [5.74, 6) is -1.15. The second kappa shape index (κ2) is 71.3. The quantitative estimate of drug-likeness (QED) is 0.128. The number of halogens is 11. The molecule has 19 heteroatoms. The smallest absolute Gasteiger partial charge is 0.201 e. The molecular formula is C117H149ClF10Nd4O4. The first-order chi connectivity index (χ1) is 62.1. The van der Waals surface area contributed by atoms with Crippen LogP contribution in [0.1, 0.15) is 234 Å². The summed E-state index contributed by atoms with van der Waals surface area (Å²) < 4.78 is 151. The van der Waals surface area contributed by atoms with Gasteiger partial charge < -0.3 is 18.9 Å². The normalized spacial score (nSPS) is 18.3. The van der Waals surface area contributed by atoms with Gasteiger partial charge in [0, 0.05) is 182 Å². The molecule has 1 saturated carbocycles. The minimum absolute atomic E-state index is 0. The van der Waals surface area contributed by atoms with Crippen LogP contribution in [0, 0.1) is 327 Å². The van der Waals surface area contributed by atoms with E-state index in [0.717, 1.165) is 85.0 Å². The zero-order chi connectivity index (χ0) is 97.0. The van der Waals surface area contributed by atoms with Crippen LogP contribution in [-0.2, 0) is 20.6 Å². The Morgan fingerprint density at radius 1 is 0.301 bits per heavy atom. The molecular weight excluding hydrogens is 2270 g/mol. The number of hydrogen-bond acceptors (Lipinski definition) is 4. The first-order valence-electron chi connectivity index (χ1n) is 46.5. The zero-order valence-electron chi connectivity index (χ0n) is 83.8. The van der Waals surface area contributed by atoms with Crippen LogP contribution in [0.25, 0.3) is 33.0 Å². The Balaban J connectivity index is 0.00000146. The van der Waals surface area contributed by atoms with Crippen LogP contribution in [-0.4, -0.2) is 38.3 Å². The molecule has 734 valence electrons. The van der Waals surface area contributed by atoms with Crippen LogP contribution in [0.4, 0.5) is 43.9 Å². The molecule has 0 bridgehead atoms.